The van der Waals surface area contributed by atoms with Crippen LogP contribution in [-0.2, 0) is 0 Å². The Balaban J connectivity index is 1.77. The normalized spacial score (nSPS) is 25.0. The van der Waals surface area contributed by atoms with Crippen LogP contribution in [0.4, 0.5) is 5.69 Å². The van der Waals surface area contributed by atoms with E-state index in [0.717, 1.165) is 10.4 Å². The zero-order chi connectivity index (χ0) is 15.0. The first-order valence-corrected chi connectivity index (χ1v) is 8.68. The highest BCUT2D eigenvalue weighted by atomic mass is 79.9. The third-order valence-electron chi connectivity index (χ3n) is 4.85. The number of nitrogens with one attached hydrogen (secondary N) is 1. The largest absolute Gasteiger partial charge is 0.382 e. The van der Waals surface area contributed by atoms with Gasteiger partial charge in [-0.25, -0.2) is 0 Å². The van der Waals surface area contributed by atoms with E-state index in [9.17, 15) is 0 Å². The third kappa shape index (κ3) is 3.42. The molecule has 2 atom stereocenters. The van der Waals surface area contributed by atoms with Gasteiger partial charge in [0.15, 0.2) is 0 Å². The summed E-state index contributed by atoms with van der Waals surface area (Å²) in [5.74, 6) is 0.731. The summed E-state index contributed by atoms with van der Waals surface area (Å²) in [6, 6.07) is 13.8. The Morgan fingerprint density at radius 3 is 2.57 bits per heavy atom. The molecule has 0 spiro atoms. The SMILES string of the molecule is CC1CC(C)(C)CCC1Nc1ccc2cc(Br)ccc2c1. The van der Waals surface area contributed by atoms with Gasteiger partial charge in [0.25, 0.3) is 0 Å². The minimum atomic E-state index is 0.507. The zero-order valence-electron chi connectivity index (χ0n) is 13.1. The van der Waals surface area contributed by atoms with Crippen LogP contribution in [0.2, 0.25) is 0 Å². The van der Waals surface area contributed by atoms with Crippen LogP contribution in [-0.4, -0.2) is 6.04 Å². The van der Waals surface area contributed by atoms with Crippen molar-refractivity contribution in [3.05, 3.63) is 40.9 Å². The van der Waals surface area contributed by atoms with Crippen molar-refractivity contribution in [2.45, 2.75) is 46.1 Å². The number of hydrogen-bond acceptors (Lipinski definition) is 1. The molecular weight excluding hydrogens is 322 g/mol. The minimum absolute atomic E-state index is 0.507. The van der Waals surface area contributed by atoms with Gasteiger partial charge in [-0.2, -0.15) is 0 Å². The zero-order valence-corrected chi connectivity index (χ0v) is 14.7. The lowest BCUT2D eigenvalue weighted by Crippen LogP contribution is -2.36. The maximum Gasteiger partial charge on any atom is 0.0348 e. The first kappa shape index (κ1) is 14.9. The van der Waals surface area contributed by atoms with Crippen LogP contribution in [0.5, 0.6) is 0 Å². The van der Waals surface area contributed by atoms with Crippen molar-refractivity contribution in [2.75, 3.05) is 5.32 Å². The van der Waals surface area contributed by atoms with Crippen LogP contribution in [0.3, 0.4) is 0 Å². The van der Waals surface area contributed by atoms with Gasteiger partial charge >= 0.3 is 0 Å². The fourth-order valence-corrected chi connectivity index (χ4v) is 4.06. The van der Waals surface area contributed by atoms with E-state index in [0.29, 0.717) is 11.5 Å². The van der Waals surface area contributed by atoms with Gasteiger partial charge in [-0.15, -0.1) is 0 Å². The van der Waals surface area contributed by atoms with E-state index in [4.69, 9.17) is 0 Å². The second-order valence-corrected chi connectivity index (χ2v) is 8.26. The molecule has 3 rings (SSSR count). The van der Waals surface area contributed by atoms with Crippen LogP contribution >= 0.6 is 15.9 Å². The Labute approximate surface area is 136 Å². The molecule has 1 N–H and O–H groups in total. The molecule has 0 heterocycles. The van der Waals surface area contributed by atoms with Crippen molar-refractivity contribution in [2.24, 2.45) is 11.3 Å². The molecule has 2 aromatic rings. The Bertz CT molecular complexity index is 647. The standard InChI is InChI=1S/C19H24BrN/c1-13-12-19(2,3)9-8-18(13)21-17-7-5-14-10-16(20)6-4-15(14)11-17/h4-7,10-11,13,18,21H,8-9,12H2,1-3H3. The first-order valence-electron chi connectivity index (χ1n) is 7.89. The Morgan fingerprint density at radius 1 is 1.10 bits per heavy atom. The van der Waals surface area contributed by atoms with Crippen molar-refractivity contribution < 1.29 is 0 Å². The number of rotatable bonds is 2. The van der Waals surface area contributed by atoms with Crippen molar-refractivity contribution in [1.29, 1.82) is 0 Å². The summed E-state index contributed by atoms with van der Waals surface area (Å²) in [4.78, 5) is 0. The van der Waals surface area contributed by atoms with Crippen LogP contribution in [0.1, 0.15) is 40.0 Å². The van der Waals surface area contributed by atoms with Gasteiger partial charge in [0.05, 0.1) is 0 Å². The quantitative estimate of drug-likeness (QED) is 0.680. The van der Waals surface area contributed by atoms with Crippen LogP contribution in [0.15, 0.2) is 40.9 Å². The lowest BCUT2D eigenvalue weighted by atomic mass is 9.70. The van der Waals surface area contributed by atoms with Crippen molar-refractivity contribution >= 4 is 32.4 Å². The Kier molecular flexibility index (Phi) is 4.00. The van der Waals surface area contributed by atoms with Crippen molar-refractivity contribution in [3.63, 3.8) is 0 Å². The summed E-state index contributed by atoms with van der Waals surface area (Å²) in [7, 11) is 0. The van der Waals surface area contributed by atoms with E-state index in [2.05, 4.69) is 78.4 Å². The second kappa shape index (κ2) is 5.64. The number of hydrogen-bond donors (Lipinski definition) is 1. The van der Waals surface area contributed by atoms with E-state index >= 15 is 0 Å². The fourth-order valence-electron chi connectivity index (χ4n) is 3.68. The molecule has 0 saturated heterocycles. The highest BCUT2D eigenvalue weighted by Crippen LogP contribution is 2.39. The third-order valence-corrected chi connectivity index (χ3v) is 5.34. The molecule has 2 unspecified atom stereocenters. The molecule has 1 aliphatic rings. The van der Waals surface area contributed by atoms with Gasteiger partial charge in [-0.3, -0.25) is 0 Å². The van der Waals surface area contributed by atoms with Crippen LogP contribution in [0, 0.1) is 11.3 Å². The fraction of sp³-hybridized carbons (Fsp3) is 0.474. The summed E-state index contributed by atoms with van der Waals surface area (Å²) >= 11 is 3.53. The first-order chi connectivity index (χ1) is 9.93. The van der Waals surface area contributed by atoms with Gasteiger partial charge in [0.2, 0.25) is 0 Å². The van der Waals surface area contributed by atoms with Gasteiger partial charge < -0.3 is 5.32 Å². The molecule has 2 heteroatoms. The molecule has 1 fully saturated rings. The molecule has 0 radical (unpaired) electrons. The van der Waals surface area contributed by atoms with Gasteiger partial charge in [0.1, 0.15) is 0 Å². The van der Waals surface area contributed by atoms with E-state index in [1.165, 1.54) is 35.7 Å². The summed E-state index contributed by atoms with van der Waals surface area (Å²) in [5, 5.41) is 6.35. The average Bonchev–Trinajstić information content (AvgIpc) is 2.41. The number of benzene rings is 2. The number of anilines is 1. The smallest absolute Gasteiger partial charge is 0.0348 e. The van der Waals surface area contributed by atoms with E-state index in [1.807, 2.05) is 0 Å². The Morgan fingerprint density at radius 2 is 1.81 bits per heavy atom. The summed E-state index contributed by atoms with van der Waals surface area (Å²) in [6.45, 7) is 7.18. The molecule has 0 aliphatic heterocycles. The molecule has 0 aromatic heterocycles. The lowest BCUT2D eigenvalue weighted by molar-refractivity contribution is 0.177. The number of fused-ring (bicyclic) bond motifs is 1. The molecule has 1 saturated carbocycles. The molecular formula is C19H24BrN. The highest BCUT2D eigenvalue weighted by molar-refractivity contribution is 9.10. The molecule has 2 aromatic carbocycles. The average molecular weight is 346 g/mol. The summed E-state index contributed by atoms with van der Waals surface area (Å²) in [6.07, 6.45) is 3.90. The van der Waals surface area contributed by atoms with E-state index in [1.54, 1.807) is 0 Å². The van der Waals surface area contributed by atoms with E-state index in [-0.39, 0.29) is 0 Å². The maximum atomic E-state index is 3.76. The Hall–Kier alpha value is -1.02. The predicted octanol–water partition coefficient (Wildman–Crippen LogP) is 6.23. The maximum absolute atomic E-state index is 3.76. The minimum Gasteiger partial charge on any atom is -0.382 e. The molecule has 1 nitrogen and oxygen atoms in total. The molecule has 0 amide bonds. The van der Waals surface area contributed by atoms with Crippen LogP contribution in [0.25, 0.3) is 10.8 Å². The van der Waals surface area contributed by atoms with Crippen molar-refractivity contribution in [1.82, 2.24) is 0 Å². The number of halogens is 1. The second-order valence-electron chi connectivity index (χ2n) is 7.34. The lowest BCUT2D eigenvalue weighted by Gasteiger charge is -2.40. The molecule has 1 aliphatic carbocycles. The molecule has 21 heavy (non-hydrogen) atoms. The van der Waals surface area contributed by atoms with Gasteiger partial charge in [0, 0.05) is 16.2 Å². The van der Waals surface area contributed by atoms with Crippen molar-refractivity contribution in [3.8, 4) is 0 Å². The van der Waals surface area contributed by atoms with Gasteiger partial charge in [-0.05, 0) is 65.6 Å². The highest BCUT2D eigenvalue weighted by Gasteiger charge is 2.32. The summed E-state index contributed by atoms with van der Waals surface area (Å²) in [5.41, 5.74) is 1.76. The van der Waals surface area contributed by atoms with Gasteiger partial charge in [-0.1, -0.05) is 48.8 Å². The monoisotopic (exact) mass is 345 g/mol. The topological polar surface area (TPSA) is 12.0 Å². The summed E-state index contributed by atoms with van der Waals surface area (Å²) < 4.78 is 1.14. The van der Waals surface area contributed by atoms with E-state index < -0.39 is 0 Å². The predicted molar refractivity (Wildman–Crippen MR) is 95.9 cm³/mol. The molecule has 112 valence electrons. The van der Waals surface area contributed by atoms with Crippen LogP contribution < -0.4 is 5.32 Å². The molecule has 0 bridgehead atoms.